The number of fused-ring (bicyclic) bond motifs is 1. The first-order valence-corrected chi connectivity index (χ1v) is 9.47. The van der Waals surface area contributed by atoms with E-state index in [4.69, 9.17) is 4.74 Å². The van der Waals surface area contributed by atoms with Crippen molar-refractivity contribution in [3.8, 4) is 5.75 Å². The van der Waals surface area contributed by atoms with Crippen LogP contribution in [0.3, 0.4) is 0 Å². The topological polar surface area (TPSA) is 69.0 Å². The second-order valence-electron chi connectivity index (χ2n) is 6.05. The van der Waals surface area contributed by atoms with Gasteiger partial charge in [-0.25, -0.2) is 0 Å². The molecule has 2 aromatic carbocycles. The molecular formula is C20H18N4O2S. The molecule has 0 bridgehead atoms. The number of hydrogen-bond acceptors (Lipinski definition) is 5. The molecule has 2 aromatic heterocycles. The van der Waals surface area contributed by atoms with Gasteiger partial charge in [-0.05, 0) is 29.8 Å². The summed E-state index contributed by atoms with van der Waals surface area (Å²) in [4.78, 5) is 12.0. The fourth-order valence-electron chi connectivity index (χ4n) is 2.84. The Morgan fingerprint density at radius 3 is 2.85 bits per heavy atom. The second-order valence-corrected chi connectivity index (χ2v) is 6.88. The number of rotatable bonds is 7. The van der Waals surface area contributed by atoms with E-state index in [1.165, 1.54) is 11.3 Å². The summed E-state index contributed by atoms with van der Waals surface area (Å²) in [5.41, 5.74) is 3.80. The number of aryl methyl sites for hydroxylation is 1. The highest BCUT2D eigenvalue weighted by molar-refractivity contribution is 7.13. The van der Waals surface area contributed by atoms with Crippen LogP contribution in [-0.2, 0) is 17.9 Å². The monoisotopic (exact) mass is 378 g/mol. The number of amides is 1. The van der Waals surface area contributed by atoms with Crippen molar-refractivity contribution in [3.05, 3.63) is 71.9 Å². The number of hydrogen-bond donors (Lipinski definition) is 1. The lowest BCUT2D eigenvalue weighted by Gasteiger charge is -2.08. The zero-order chi connectivity index (χ0) is 18.5. The van der Waals surface area contributed by atoms with E-state index in [9.17, 15) is 4.79 Å². The smallest absolute Gasteiger partial charge is 0.227 e. The Morgan fingerprint density at radius 2 is 2.04 bits per heavy atom. The molecule has 0 aliphatic heterocycles. The number of benzene rings is 2. The lowest BCUT2D eigenvalue weighted by Crippen LogP contribution is -2.14. The summed E-state index contributed by atoms with van der Waals surface area (Å²) in [6.07, 6.45) is 2.36. The minimum absolute atomic E-state index is 0.0728. The summed E-state index contributed by atoms with van der Waals surface area (Å²) in [5.74, 6) is 0.759. The first-order valence-electron chi connectivity index (χ1n) is 8.59. The molecule has 0 spiro atoms. The van der Waals surface area contributed by atoms with Crippen molar-refractivity contribution >= 4 is 33.3 Å². The Morgan fingerprint density at radius 1 is 1.15 bits per heavy atom. The molecule has 4 rings (SSSR count). The van der Waals surface area contributed by atoms with Crippen molar-refractivity contribution in [1.29, 1.82) is 0 Å². The number of anilines is 1. The van der Waals surface area contributed by atoms with Crippen LogP contribution in [-0.4, -0.2) is 20.7 Å². The molecule has 0 aliphatic carbocycles. The zero-order valence-corrected chi connectivity index (χ0v) is 15.4. The third-order valence-electron chi connectivity index (χ3n) is 4.18. The Hall–Kier alpha value is -3.19. The summed E-state index contributed by atoms with van der Waals surface area (Å²) in [6, 6.07) is 18.1. The lowest BCUT2D eigenvalue weighted by atomic mass is 10.2. The maximum Gasteiger partial charge on any atom is 0.227 e. The average molecular weight is 378 g/mol. The van der Waals surface area contributed by atoms with Gasteiger partial charge in [0.15, 0.2) is 0 Å². The molecule has 0 saturated carbocycles. The summed E-state index contributed by atoms with van der Waals surface area (Å²) in [7, 11) is 0. The van der Waals surface area contributed by atoms with Gasteiger partial charge in [0.25, 0.3) is 0 Å². The fourth-order valence-corrected chi connectivity index (χ4v) is 3.30. The summed E-state index contributed by atoms with van der Waals surface area (Å²) >= 11 is 1.31. The maximum absolute atomic E-state index is 12.0. The minimum Gasteiger partial charge on any atom is -0.489 e. The van der Waals surface area contributed by atoms with E-state index in [0.29, 0.717) is 24.7 Å². The van der Waals surface area contributed by atoms with Crippen LogP contribution < -0.4 is 10.1 Å². The van der Waals surface area contributed by atoms with Crippen LogP contribution in [0.2, 0.25) is 0 Å². The highest BCUT2D eigenvalue weighted by Gasteiger charge is 2.08. The number of ether oxygens (including phenoxy) is 1. The maximum atomic E-state index is 12.0. The molecule has 0 radical (unpaired) electrons. The first-order chi connectivity index (χ1) is 13.3. The van der Waals surface area contributed by atoms with Gasteiger partial charge in [-0.3, -0.25) is 4.79 Å². The average Bonchev–Trinajstić information content (AvgIpc) is 3.35. The Labute approximate surface area is 160 Å². The third-order valence-corrected chi connectivity index (χ3v) is 4.78. The van der Waals surface area contributed by atoms with Gasteiger partial charge in [0.1, 0.15) is 17.9 Å². The van der Waals surface area contributed by atoms with E-state index in [-0.39, 0.29) is 5.91 Å². The number of carbonyl (C=O) groups excluding carboxylic acids is 1. The van der Waals surface area contributed by atoms with Crippen molar-refractivity contribution in [2.45, 2.75) is 19.6 Å². The number of aromatic nitrogens is 3. The van der Waals surface area contributed by atoms with E-state index in [1.807, 2.05) is 60.8 Å². The van der Waals surface area contributed by atoms with Crippen LogP contribution in [0.5, 0.6) is 5.75 Å². The molecule has 136 valence electrons. The van der Waals surface area contributed by atoms with Gasteiger partial charge >= 0.3 is 0 Å². The number of carbonyl (C=O) groups is 1. The zero-order valence-electron chi connectivity index (χ0n) is 14.5. The van der Waals surface area contributed by atoms with E-state index in [1.54, 1.807) is 5.51 Å². The van der Waals surface area contributed by atoms with Gasteiger partial charge in [-0.15, -0.1) is 10.2 Å². The van der Waals surface area contributed by atoms with E-state index < -0.39 is 0 Å². The van der Waals surface area contributed by atoms with E-state index in [0.717, 1.165) is 22.2 Å². The van der Waals surface area contributed by atoms with Crippen molar-refractivity contribution in [2.75, 3.05) is 5.32 Å². The van der Waals surface area contributed by atoms with Gasteiger partial charge in [-0.2, -0.15) is 0 Å². The highest BCUT2D eigenvalue weighted by atomic mass is 32.1. The summed E-state index contributed by atoms with van der Waals surface area (Å²) in [5, 5.41) is 11.9. The first kappa shape index (κ1) is 17.2. The molecule has 2 heterocycles. The molecule has 0 atom stereocenters. The molecule has 6 nitrogen and oxygen atoms in total. The Bertz CT molecular complexity index is 1030. The van der Waals surface area contributed by atoms with Crippen molar-refractivity contribution in [2.24, 2.45) is 0 Å². The van der Waals surface area contributed by atoms with Crippen LogP contribution in [0.25, 0.3) is 10.9 Å². The standard InChI is InChI=1S/C20H18N4O2S/c25-19(22-20-23-21-14-27-20)9-11-24-10-8-16-12-17(6-7-18(16)24)26-13-15-4-2-1-3-5-15/h1-8,10,12,14H,9,11,13H2,(H,22,23,25). The van der Waals surface area contributed by atoms with Gasteiger partial charge < -0.3 is 14.6 Å². The number of nitrogens with one attached hydrogen (secondary N) is 1. The van der Waals surface area contributed by atoms with Crippen LogP contribution in [0, 0.1) is 0 Å². The van der Waals surface area contributed by atoms with Crippen LogP contribution in [0.4, 0.5) is 5.13 Å². The summed E-state index contributed by atoms with van der Waals surface area (Å²) in [6.45, 7) is 1.14. The molecule has 1 amide bonds. The molecule has 7 heteroatoms. The quantitative estimate of drug-likeness (QED) is 0.526. The molecule has 27 heavy (non-hydrogen) atoms. The highest BCUT2D eigenvalue weighted by Crippen LogP contribution is 2.23. The van der Waals surface area contributed by atoms with Gasteiger partial charge in [0, 0.05) is 30.1 Å². The lowest BCUT2D eigenvalue weighted by molar-refractivity contribution is -0.116. The predicted molar refractivity (Wildman–Crippen MR) is 106 cm³/mol. The SMILES string of the molecule is O=C(CCn1ccc2cc(OCc3ccccc3)ccc21)Nc1nncs1. The van der Waals surface area contributed by atoms with Crippen molar-refractivity contribution in [3.63, 3.8) is 0 Å². The van der Waals surface area contributed by atoms with Gasteiger partial charge in [0.05, 0.1) is 0 Å². The van der Waals surface area contributed by atoms with Crippen molar-refractivity contribution in [1.82, 2.24) is 14.8 Å². The summed E-state index contributed by atoms with van der Waals surface area (Å²) < 4.78 is 7.95. The van der Waals surface area contributed by atoms with Crippen LogP contribution in [0.15, 0.2) is 66.3 Å². The normalized spacial score (nSPS) is 10.8. The molecule has 0 unspecified atom stereocenters. The van der Waals surface area contributed by atoms with E-state index >= 15 is 0 Å². The van der Waals surface area contributed by atoms with E-state index in [2.05, 4.69) is 20.1 Å². The van der Waals surface area contributed by atoms with Crippen LogP contribution in [0.1, 0.15) is 12.0 Å². The molecule has 1 N–H and O–H groups in total. The molecule has 0 aliphatic rings. The second kappa shape index (κ2) is 8.01. The van der Waals surface area contributed by atoms with Gasteiger partial charge in [-0.1, -0.05) is 41.7 Å². The minimum atomic E-state index is -0.0728. The molecule has 0 saturated heterocycles. The fraction of sp³-hybridized carbons (Fsp3) is 0.150. The molecular weight excluding hydrogens is 360 g/mol. The third kappa shape index (κ3) is 4.32. The predicted octanol–water partition coefficient (Wildman–Crippen LogP) is 4.10. The van der Waals surface area contributed by atoms with Crippen LogP contribution >= 0.6 is 11.3 Å². The largest absolute Gasteiger partial charge is 0.489 e. The Balaban J connectivity index is 1.37. The molecule has 4 aromatic rings. The van der Waals surface area contributed by atoms with Crippen molar-refractivity contribution < 1.29 is 9.53 Å². The van der Waals surface area contributed by atoms with Gasteiger partial charge in [0.2, 0.25) is 11.0 Å². The number of nitrogens with zero attached hydrogens (tertiary/aromatic N) is 3. The Kier molecular flexibility index (Phi) is 5.11. The molecule has 0 fully saturated rings.